The summed E-state index contributed by atoms with van der Waals surface area (Å²) in [6, 6.07) is 16.0. The van der Waals surface area contributed by atoms with Crippen molar-refractivity contribution in [1.82, 2.24) is 25.5 Å². The highest BCUT2D eigenvalue weighted by Gasteiger charge is 2.11. The van der Waals surface area contributed by atoms with Crippen molar-refractivity contribution in [2.45, 2.75) is 25.5 Å². The molecule has 0 saturated heterocycles. The average molecular weight is 353 g/mol. The number of hydrogen-bond acceptors (Lipinski definition) is 5. The molecule has 0 saturated carbocycles. The van der Waals surface area contributed by atoms with E-state index in [1.54, 1.807) is 4.68 Å². The molecule has 0 fully saturated rings. The SMILES string of the molecule is Cc1ccc(CNC(=O)CSc2nnnn2-c2cccc(C)c2)cc1. The highest BCUT2D eigenvalue weighted by Crippen LogP contribution is 2.18. The normalized spacial score (nSPS) is 10.6. The van der Waals surface area contributed by atoms with Gasteiger partial charge in [-0.15, -0.1) is 5.10 Å². The molecule has 0 unspecified atom stereocenters. The van der Waals surface area contributed by atoms with Crippen molar-refractivity contribution in [2.24, 2.45) is 0 Å². The summed E-state index contributed by atoms with van der Waals surface area (Å²) >= 11 is 1.31. The molecule has 1 amide bonds. The Morgan fingerprint density at radius 2 is 1.92 bits per heavy atom. The number of tetrazole rings is 1. The topological polar surface area (TPSA) is 72.7 Å². The van der Waals surface area contributed by atoms with Gasteiger partial charge in [0.15, 0.2) is 0 Å². The number of benzene rings is 2. The second-order valence-electron chi connectivity index (χ2n) is 5.76. The lowest BCUT2D eigenvalue weighted by molar-refractivity contribution is -0.118. The van der Waals surface area contributed by atoms with Crippen LogP contribution in [0, 0.1) is 13.8 Å². The Hall–Kier alpha value is -2.67. The van der Waals surface area contributed by atoms with Gasteiger partial charge in [-0.05, 0) is 47.5 Å². The Morgan fingerprint density at radius 1 is 1.12 bits per heavy atom. The number of aromatic nitrogens is 4. The van der Waals surface area contributed by atoms with Gasteiger partial charge in [0.05, 0.1) is 11.4 Å². The van der Waals surface area contributed by atoms with Gasteiger partial charge in [-0.3, -0.25) is 4.79 Å². The number of hydrogen-bond donors (Lipinski definition) is 1. The molecule has 0 radical (unpaired) electrons. The van der Waals surface area contributed by atoms with Crippen molar-refractivity contribution in [3.05, 3.63) is 65.2 Å². The molecule has 0 bridgehead atoms. The minimum atomic E-state index is -0.0515. The first-order chi connectivity index (χ1) is 12.1. The van der Waals surface area contributed by atoms with Gasteiger partial charge in [0.1, 0.15) is 0 Å². The molecule has 0 spiro atoms. The maximum absolute atomic E-state index is 12.1. The van der Waals surface area contributed by atoms with E-state index in [9.17, 15) is 4.79 Å². The minimum absolute atomic E-state index is 0.0515. The van der Waals surface area contributed by atoms with E-state index in [4.69, 9.17) is 0 Å². The number of carbonyl (C=O) groups excluding carboxylic acids is 1. The van der Waals surface area contributed by atoms with Gasteiger partial charge >= 0.3 is 0 Å². The molecule has 3 aromatic rings. The largest absolute Gasteiger partial charge is 0.351 e. The standard InChI is InChI=1S/C18H19N5OS/c1-13-6-8-15(9-7-13)11-19-17(24)12-25-18-20-21-22-23(18)16-5-3-4-14(2)10-16/h3-10H,11-12H2,1-2H3,(H,19,24). The summed E-state index contributed by atoms with van der Waals surface area (Å²) in [5.74, 6) is 0.210. The van der Waals surface area contributed by atoms with Gasteiger partial charge < -0.3 is 5.32 Å². The molecule has 0 aliphatic heterocycles. The van der Waals surface area contributed by atoms with Crippen LogP contribution in [0.2, 0.25) is 0 Å². The van der Waals surface area contributed by atoms with Crippen LogP contribution in [0.25, 0.3) is 5.69 Å². The van der Waals surface area contributed by atoms with Crippen molar-refractivity contribution in [3.63, 3.8) is 0 Å². The fourth-order valence-corrected chi connectivity index (χ4v) is 3.00. The average Bonchev–Trinajstić information content (AvgIpc) is 3.08. The summed E-state index contributed by atoms with van der Waals surface area (Å²) in [7, 11) is 0. The smallest absolute Gasteiger partial charge is 0.230 e. The third-order valence-corrected chi connectivity index (χ3v) is 4.55. The van der Waals surface area contributed by atoms with Gasteiger partial charge in [-0.1, -0.05) is 53.7 Å². The summed E-state index contributed by atoms with van der Waals surface area (Å²) in [4.78, 5) is 12.1. The van der Waals surface area contributed by atoms with E-state index in [1.807, 2.05) is 62.4 Å². The second kappa shape index (κ2) is 7.94. The highest BCUT2D eigenvalue weighted by atomic mass is 32.2. The molecule has 3 rings (SSSR count). The van der Waals surface area contributed by atoms with Crippen LogP contribution >= 0.6 is 11.8 Å². The van der Waals surface area contributed by atoms with Crippen LogP contribution in [0.1, 0.15) is 16.7 Å². The van der Waals surface area contributed by atoms with E-state index < -0.39 is 0 Å². The predicted molar refractivity (Wildman–Crippen MR) is 97.6 cm³/mol. The molecule has 25 heavy (non-hydrogen) atoms. The van der Waals surface area contributed by atoms with Gasteiger partial charge in [0.2, 0.25) is 11.1 Å². The molecule has 1 aromatic heterocycles. The van der Waals surface area contributed by atoms with Crippen LogP contribution in [0.15, 0.2) is 53.7 Å². The number of nitrogens with zero attached hydrogens (tertiary/aromatic N) is 4. The lowest BCUT2D eigenvalue weighted by Crippen LogP contribution is -2.24. The van der Waals surface area contributed by atoms with Crippen LogP contribution in [0.5, 0.6) is 0 Å². The van der Waals surface area contributed by atoms with E-state index in [-0.39, 0.29) is 11.7 Å². The van der Waals surface area contributed by atoms with Crippen LogP contribution in [0.3, 0.4) is 0 Å². The maximum atomic E-state index is 12.1. The second-order valence-corrected chi connectivity index (χ2v) is 6.71. The molecule has 0 aliphatic carbocycles. The molecule has 1 heterocycles. The quantitative estimate of drug-likeness (QED) is 0.690. The first kappa shape index (κ1) is 17.2. The van der Waals surface area contributed by atoms with Crippen molar-refractivity contribution in [3.8, 4) is 5.69 Å². The molecular formula is C18H19N5OS. The summed E-state index contributed by atoms with van der Waals surface area (Å²) in [5.41, 5.74) is 4.29. The molecule has 0 aliphatic rings. The molecular weight excluding hydrogens is 334 g/mol. The molecule has 0 atom stereocenters. The zero-order valence-electron chi connectivity index (χ0n) is 14.1. The Kier molecular flexibility index (Phi) is 5.45. The molecule has 6 nitrogen and oxygen atoms in total. The summed E-state index contributed by atoms with van der Waals surface area (Å²) in [6.07, 6.45) is 0. The first-order valence-electron chi connectivity index (χ1n) is 7.92. The molecule has 128 valence electrons. The zero-order valence-corrected chi connectivity index (χ0v) is 15.0. The Balaban J connectivity index is 1.56. The third kappa shape index (κ3) is 4.67. The number of nitrogens with one attached hydrogen (secondary N) is 1. The first-order valence-corrected chi connectivity index (χ1v) is 8.91. The van der Waals surface area contributed by atoms with Gasteiger partial charge in [-0.25, -0.2) is 0 Å². The Labute approximate surface area is 150 Å². The van der Waals surface area contributed by atoms with Crippen molar-refractivity contribution >= 4 is 17.7 Å². The number of rotatable bonds is 6. The van der Waals surface area contributed by atoms with Gasteiger partial charge in [0, 0.05) is 6.54 Å². The van der Waals surface area contributed by atoms with Gasteiger partial charge in [0.25, 0.3) is 0 Å². The van der Waals surface area contributed by atoms with Crippen molar-refractivity contribution in [2.75, 3.05) is 5.75 Å². The monoisotopic (exact) mass is 353 g/mol. The van der Waals surface area contributed by atoms with E-state index in [0.29, 0.717) is 11.7 Å². The van der Waals surface area contributed by atoms with Crippen molar-refractivity contribution in [1.29, 1.82) is 0 Å². The van der Waals surface area contributed by atoms with E-state index >= 15 is 0 Å². The number of thioether (sulfide) groups is 1. The van der Waals surface area contributed by atoms with Crippen molar-refractivity contribution < 1.29 is 4.79 Å². The lowest BCUT2D eigenvalue weighted by Gasteiger charge is -2.06. The van der Waals surface area contributed by atoms with Crippen LogP contribution in [-0.2, 0) is 11.3 Å². The minimum Gasteiger partial charge on any atom is -0.351 e. The number of amides is 1. The van der Waals surface area contributed by atoms with E-state index in [1.165, 1.54) is 17.3 Å². The maximum Gasteiger partial charge on any atom is 0.230 e. The third-order valence-electron chi connectivity index (χ3n) is 3.63. The Morgan fingerprint density at radius 3 is 2.68 bits per heavy atom. The van der Waals surface area contributed by atoms with E-state index in [0.717, 1.165) is 16.8 Å². The van der Waals surface area contributed by atoms with Crippen LogP contribution in [-0.4, -0.2) is 31.9 Å². The number of carbonyl (C=O) groups is 1. The van der Waals surface area contributed by atoms with Crippen LogP contribution < -0.4 is 5.32 Å². The molecule has 2 aromatic carbocycles. The zero-order chi connectivity index (χ0) is 17.6. The predicted octanol–water partition coefficient (Wildman–Crippen LogP) is 2.69. The fourth-order valence-electron chi connectivity index (χ4n) is 2.28. The highest BCUT2D eigenvalue weighted by molar-refractivity contribution is 7.99. The molecule has 1 N–H and O–H groups in total. The summed E-state index contributed by atoms with van der Waals surface area (Å²) < 4.78 is 1.64. The lowest BCUT2D eigenvalue weighted by atomic mass is 10.1. The van der Waals surface area contributed by atoms with E-state index in [2.05, 4.69) is 20.8 Å². The number of aryl methyl sites for hydroxylation is 2. The van der Waals surface area contributed by atoms with Crippen LogP contribution in [0.4, 0.5) is 0 Å². The summed E-state index contributed by atoms with van der Waals surface area (Å²) in [6.45, 7) is 4.57. The van der Waals surface area contributed by atoms with Gasteiger partial charge in [-0.2, -0.15) is 4.68 Å². The fraction of sp³-hybridized carbons (Fsp3) is 0.222. The Bertz CT molecular complexity index is 860. The molecule has 7 heteroatoms. The summed E-state index contributed by atoms with van der Waals surface area (Å²) in [5, 5.41) is 15.2.